The summed E-state index contributed by atoms with van der Waals surface area (Å²) < 4.78 is 0. The van der Waals surface area contributed by atoms with Gasteiger partial charge in [-0.2, -0.15) is 0 Å². The summed E-state index contributed by atoms with van der Waals surface area (Å²) in [4.78, 5) is 14.1. The summed E-state index contributed by atoms with van der Waals surface area (Å²) in [5, 5.41) is 9.38. The van der Waals surface area contributed by atoms with Gasteiger partial charge < -0.3 is 10.0 Å². The predicted molar refractivity (Wildman–Crippen MR) is 91.0 cm³/mol. The smallest absolute Gasteiger partial charge is 0.223 e. The SMILES string of the molecule is O=C(CC(Cc1ccccc1)Cc1ccccc1)N1CC(O)C1. The van der Waals surface area contributed by atoms with Gasteiger partial charge in [-0.25, -0.2) is 0 Å². The Labute approximate surface area is 137 Å². The highest BCUT2D eigenvalue weighted by Crippen LogP contribution is 2.21. The number of β-amino-alcohol motifs (C(OH)–C–C–N with tert-alkyl or cyclic N) is 1. The molecule has 0 aliphatic carbocycles. The van der Waals surface area contributed by atoms with Crippen LogP contribution in [0.4, 0.5) is 0 Å². The fourth-order valence-corrected chi connectivity index (χ4v) is 3.15. The molecular formula is C20H23NO2. The van der Waals surface area contributed by atoms with Crippen LogP contribution in [0.5, 0.6) is 0 Å². The van der Waals surface area contributed by atoms with Crippen molar-refractivity contribution >= 4 is 5.91 Å². The molecule has 0 atom stereocenters. The monoisotopic (exact) mass is 309 g/mol. The quantitative estimate of drug-likeness (QED) is 0.891. The Morgan fingerprint density at radius 2 is 1.43 bits per heavy atom. The lowest BCUT2D eigenvalue weighted by Gasteiger charge is -2.36. The van der Waals surface area contributed by atoms with Crippen LogP contribution in [0.15, 0.2) is 60.7 Å². The van der Waals surface area contributed by atoms with Crippen molar-refractivity contribution in [1.29, 1.82) is 0 Å². The zero-order chi connectivity index (χ0) is 16.1. The second-order valence-electron chi connectivity index (χ2n) is 6.40. The zero-order valence-corrected chi connectivity index (χ0v) is 13.3. The van der Waals surface area contributed by atoms with E-state index in [0.717, 1.165) is 12.8 Å². The molecule has 1 amide bonds. The number of hydrogen-bond donors (Lipinski definition) is 1. The lowest BCUT2D eigenvalue weighted by molar-refractivity contribution is -0.142. The van der Waals surface area contributed by atoms with E-state index in [1.165, 1.54) is 11.1 Å². The molecular weight excluding hydrogens is 286 g/mol. The average molecular weight is 309 g/mol. The molecule has 0 aromatic heterocycles. The molecule has 0 unspecified atom stereocenters. The average Bonchev–Trinajstić information content (AvgIpc) is 2.53. The third-order valence-electron chi connectivity index (χ3n) is 4.41. The highest BCUT2D eigenvalue weighted by Gasteiger charge is 2.30. The lowest BCUT2D eigenvalue weighted by atomic mass is 9.89. The highest BCUT2D eigenvalue weighted by atomic mass is 16.3. The van der Waals surface area contributed by atoms with Gasteiger partial charge in [-0.15, -0.1) is 0 Å². The van der Waals surface area contributed by atoms with Crippen LogP contribution in [-0.4, -0.2) is 35.1 Å². The standard InChI is InChI=1S/C20H23NO2/c22-19-14-21(15-19)20(23)13-18(11-16-7-3-1-4-8-16)12-17-9-5-2-6-10-17/h1-10,18-19,22H,11-15H2. The summed E-state index contributed by atoms with van der Waals surface area (Å²) in [6.07, 6.45) is 2.01. The molecule has 1 heterocycles. The van der Waals surface area contributed by atoms with Gasteiger partial charge in [-0.05, 0) is 29.9 Å². The van der Waals surface area contributed by atoms with Crippen molar-refractivity contribution in [2.24, 2.45) is 5.92 Å². The third kappa shape index (κ3) is 4.42. The molecule has 23 heavy (non-hydrogen) atoms. The summed E-state index contributed by atoms with van der Waals surface area (Å²) in [7, 11) is 0. The van der Waals surface area contributed by atoms with Crippen molar-refractivity contribution in [2.45, 2.75) is 25.4 Å². The van der Waals surface area contributed by atoms with Crippen molar-refractivity contribution < 1.29 is 9.90 Å². The predicted octanol–water partition coefficient (Wildman–Crippen LogP) is 2.68. The third-order valence-corrected chi connectivity index (χ3v) is 4.41. The summed E-state index contributed by atoms with van der Waals surface area (Å²) in [5.74, 6) is 0.442. The maximum atomic E-state index is 12.4. The summed E-state index contributed by atoms with van der Waals surface area (Å²) >= 11 is 0. The molecule has 0 spiro atoms. The van der Waals surface area contributed by atoms with Crippen LogP contribution in [0, 0.1) is 5.92 Å². The number of aliphatic hydroxyl groups is 1. The fourth-order valence-electron chi connectivity index (χ4n) is 3.15. The van der Waals surface area contributed by atoms with Gasteiger partial charge in [0.15, 0.2) is 0 Å². The van der Waals surface area contributed by atoms with Gasteiger partial charge in [-0.1, -0.05) is 60.7 Å². The Bertz CT molecular complexity index is 579. The van der Waals surface area contributed by atoms with E-state index in [1.807, 2.05) is 36.4 Å². The lowest BCUT2D eigenvalue weighted by Crippen LogP contribution is -2.53. The Hall–Kier alpha value is -2.13. The Morgan fingerprint density at radius 3 is 1.87 bits per heavy atom. The number of rotatable bonds is 6. The minimum atomic E-state index is -0.333. The van der Waals surface area contributed by atoms with Crippen molar-refractivity contribution in [2.75, 3.05) is 13.1 Å². The van der Waals surface area contributed by atoms with Gasteiger partial charge in [0.1, 0.15) is 0 Å². The van der Waals surface area contributed by atoms with Crippen LogP contribution >= 0.6 is 0 Å². The van der Waals surface area contributed by atoms with Gasteiger partial charge in [0.05, 0.1) is 6.10 Å². The van der Waals surface area contributed by atoms with Crippen LogP contribution < -0.4 is 0 Å². The van der Waals surface area contributed by atoms with E-state index in [4.69, 9.17) is 0 Å². The van der Waals surface area contributed by atoms with Gasteiger partial charge >= 0.3 is 0 Å². The number of nitrogens with zero attached hydrogens (tertiary/aromatic N) is 1. The van der Waals surface area contributed by atoms with Crippen molar-refractivity contribution in [1.82, 2.24) is 4.90 Å². The van der Waals surface area contributed by atoms with Crippen LogP contribution in [0.3, 0.4) is 0 Å². The Balaban J connectivity index is 1.66. The minimum Gasteiger partial charge on any atom is -0.389 e. The first-order valence-corrected chi connectivity index (χ1v) is 8.24. The number of benzene rings is 2. The second kappa shape index (κ2) is 7.42. The topological polar surface area (TPSA) is 40.5 Å². The maximum Gasteiger partial charge on any atom is 0.223 e. The number of amides is 1. The Morgan fingerprint density at radius 1 is 0.957 bits per heavy atom. The maximum absolute atomic E-state index is 12.4. The number of hydrogen-bond acceptors (Lipinski definition) is 2. The first kappa shape index (κ1) is 15.8. The largest absolute Gasteiger partial charge is 0.389 e. The molecule has 1 N–H and O–H groups in total. The van der Waals surface area contributed by atoms with Crippen molar-refractivity contribution in [3.63, 3.8) is 0 Å². The summed E-state index contributed by atoms with van der Waals surface area (Å²) in [5.41, 5.74) is 2.54. The molecule has 3 rings (SSSR count). The molecule has 1 fully saturated rings. The number of aliphatic hydroxyl groups excluding tert-OH is 1. The molecule has 1 saturated heterocycles. The molecule has 2 aromatic rings. The Kier molecular flexibility index (Phi) is 5.09. The zero-order valence-electron chi connectivity index (χ0n) is 13.3. The molecule has 0 radical (unpaired) electrons. The van der Waals surface area contributed by atoms with E-state index in [1.54, 1.807) is 4.90 Å². The van der Waals surface area contributed by atoms with Crippen molar-refractivity contribution in [3.8, 4) is 0 Å². The molecule has 0 saturated carbocycles. The van der Waals surface area contributed by atoms with Gasteiger partial charge in [0.25, 0.3) is 0 Å². The van der Waals surface area contributed by atoms with Crippen LogP contribution in [0.1, 0.15) is 17.5 Å². The first-order chi connectivity index (χ1) is 11.2. The van der Waals surface area contributed by atoms with E-state index in [-0.39, 0.29) is 17.9 Å². The number of likely N-dealkylation sites (tertiary alicyclic amines) is 1. The molecule has 120 valence electrons. The van der Waals surface area contributed by atoms with Crippen molar-refractivity contribution in [3.05, 3.63) is 71.8 Å². The van der Waals surface area contributed by atoms with E-state index in [9.17, 15) is 9.90 Å². The summed E-state index contributed by atoms with van der Waals surface area (Å²) in [6, 6.07) is 20.7. The van der Waals surface area contributed by atoms with Crippen LogP contribution in [-0.2, 0) is 17.6 Å². The first-order valence-electron chi connectivity index (χ1n) is 8.24. The van der Waals surface area contributed by atoms with Gasteiger partial charge in [0.2, 0.25) is 5.91 Å². The number of carbonyl (C=O) groups excluding carboxylic acids is 1. The van der Waals surface area contributed by atoms with E-state index in [0.29, 0.717) is 19.5 Å². The molecule has 3 nitrogen and oxygen atoms in total. The minimum absolute atomic E-state index is 0.159. The van der Waals surface area contributed by atoms with Gasteiger partial charge in [-0.3, -0.25) is 4.79 Å². The molecule has 3 heteroatoms. The fraction of sp³-hybridized carbons (Fsp3) is 0.350. The van der Waals surface area contributed by atoms with Crippen LogP contribution in [0.25, 0.3) is 0 Å². The van der Waals surface area contributed by atoms with Crippen LogP contribution in [0.2, 0.25) is 0 Å². The molecule has 1 aliphatic rings. The summed E-state index contributed by atoms with van der Waals surface area (Å²) in [6.45, 7) is 0.977. The van der Waals surface area contributed by atoms with E-state index in [2.05, 4.69) is 24.3 Å². The number of carbonyl (C=O) groups is 1. The second-order valence-corrected chi connectivity index (χ2v) is 6.40. The highest BCUT2D eigenvalue weighted by molar-refractivity contribution is 5.77. The molecule has 1 aliphatic heterocycles. The van der Waals surface area contributed by atoms with E-state index < -0.39 is 0 Å². The normalized spacial score (nSPS) is 14.8. The van der Waals surface area contributed by atoms with Gasteiger partial charge in [0, 0.05) is 19.5 Å². The van der Waals surface area contributed by atoms with E-state index >= 15 is 0 Å². The molecule has 0 bridgehead atoms. The molecule has 2 aromatic carbocycles.